The number of carbonyl (C=O) groups is 1. The predicted molar refractivity (Wildman–Crippen MR) is 167 cm³/mol. The lowest BCUT2D eigenvalue weighted by Crippen LogP contribution is -2.41. The Morgan fingerprint density at radius 3 is 2.40 bits per heavy atom. The fourth-order valence-corrected chi connectivity index (χ4v) is 6.98. The molecule has 0 atom stereocenters. The monoisotopic (exact) mass is 559 g/mol. The van der Waals surface area contributed by atoms with Crippen LogP contribution in [0, 0.1) is 11.8 Å². The molecule has 1 aliphatic heterocycles. The van der Waals surface area contributed by atoms with Gasteiger partial charge in [0.25, 0.3) is 0 Å². The summed E-state index contributed by atoms with van der Waals surface area (Å²) in [5.41, 5.74) is 17.7. The number of nitrogens with two attached hydrogens (primary N) is 2. The van der Waals surface area contributed by atoms with Gasteiger partial charge in [0.05, 0.1) is 11.2 Å². The zero-order valence-electron chi connectivity index (χ0n) is 23.8. The highest BCUT2D eigenvalue weighted by molar-refractivity contribution is 5.91. The summed E-state index contributed by atoms with van der Waals surface area (Å²) in [4.78, 5) is 28.7. The summed E-state index contributed by atoms with van der Waals surface area (Å²) in [5.74, 6) is 2.51. The number of anilines is 1. The number of nitrogen functional groups attached to an aromatic ring is 1. The van der Waals surface area contributed by atoms with Crippen molar-refractivity contribution in [3.05, 3.63) is 78.9 Å². The van der Waals surface area contributed by atoms with Gasteiger partial charge in [0.15, 0.2) is 0 Å². The number of imidazole rings is 1. The molecule has 0 unspecified atom stereocenters. The van der Waals surface area contributed by atoms with Crippen molar-refractivity contribution >= 4 is 28.1 Å². The predicted octanol–water partition coefficient (Wildman–Crippen LogP) is 5.66. The minimum atomic E-state index is -0.144. The van der Waals surface area contributed by atoms with Gasteiger partial charge in [0, 0.05) is 47.3 Å². The number of likely N-dealkylation sites (tertiary alicyclic amines) is 1. The Balaban J connectivity index is 1.13. The molecule has 2 aliphatic rings. The number of carbonyl (C=O) groups excluding carboxylic acids is 1. The first-order chi connectivity index (χ1) is 20.5. The number of rotatable bonds is 6. The van der Waals surface area contributed by atoms with E-state index in [4.69, 9.17) is 21.4 Å². The fraction of sp³-hybridized carbons (Fsp3) is 0.353. The second kappa shape index (κ2) is 11.2. The van der Waals surface area contributed by atoms with Crippen LogP contribution in [0.1, 0.15) is 50.3 Å². The number of amides is 1. The molecule has 1 saturated heterocycles. The van der Waals surface area contributed by atoms with Gasteiger partial charge in [-0.3, -0.25) is 9.20 Å². The minimum absolute atomic E-state index is 0.0473. The van der Waals surface area contributed by atoms with Crippen LogP contribution in [0.15, 0.2) is 73.1 Å². The lowest BCUT2D eigenvalue weighted by molar-refractivity contribution is -0.123. The highest BCUT2D eigenvalue weighted by Crippen LogP contribution is 2.39. The molecule has 4 N–H and O–H groups in total. The quantitative estimate of drug-likeness (QED) is 0.277. The standard InChI is InChI=1S/C34H37N7O/c35-32-31-30(27-11-10-24-12-13-28(38-29(24)20-27)23-4-2-1-3-5-23)39-34(41(31)19-16-37-32)26-8-6-22(7-9-26)21-40-17-14-25(15-18-40)33(36)42/h1-5,10-13,16,19-20,22,25-26H,6-9,14-15,17-18,21H2,(H2,35,37)(H2,36,42)/t22-,26-. The van der Waals surface area contributed by atoms with Crippen LogP contribution in [-0.2, 0) is 4.79 Å². The molecule has 7 rings (SSSR count). The molecule has 1 aliphatic carbocycles. The van der Waals surface area contributed by atoms with Gasteiger partial charge in [0.2, 0.25) is 5.91 Å². The van der Waals surface area contributed by atoms with E-state index in [1.807, 2.05) is 24.4 Å². The molecule has 0 bridgehead atoms. The molecule has 214 valence electrons. The Kier molecular flexibility index (Phi) is 7.07. The van der Waals surface area contributed by atoms with Gasteiger partial charge in [-0.05, 0) is 69.7 Å². The third kappa shape index (κ3) is 5.11. The highest BCUT2D eigenvalue weighted by Gasteiger charge is 2.30. The van der Waals surface area contributed by atoms with Crippen LogP contribution in [0.5, 0.6) is 0 Å². The van der Waals surface area contributed by atoms with Crippen molar-refractivity contribution < 1.29 is 4.79 Å². The number of hydrogen-bond donors (Lipinski definition) is 2. The lowest BCUT2D eigenvalue weighted by atomic mass is 9.81. The molecule has 1 amide bonds. The second-order valence-corrected chi connectivity index (χ2v) is 12.0. The summed E-state index contributed by atoms with van der Waals surface area (Å²) in [7, 11) is 0. The van der Waals surface area contributed by atoms with Crippen molar-refractivity contribution in [2.45, 2.75) is 44.4 Å². The van der Waals surface area contributed by atoms with Gasteiger partial charge in [0.1, 0.15) is 22.9 Å². The molecule has 8 heteroatoms. The van der Waals surface area contributed by atoms with Gasteiger partial charge in [-0.25, -0.2) is 15.0 Å². The molecule has 8 nitrogen and oxygen atoms in total. The van der Waals surface area contributed by atoms with Crippen LogP contribution in [0.4, 0.5) is 5.82 Å². The first-order valence-corrected chi connectivity index (χ1v) is 15.1. The number of primary amides is 1. The largest absolute Gasteiger partial charge is 0.382 e. The number of nitrogens with zero attached hydrogens (tertiary/aromatic N) is 5. The van der Waals surface area contributed by atoms with Crippen LogP contribution in [0.25, 0.3) is 38.9 Å². The van der Waals surface area contributed by atoms with E-state index in [0.29, 0.717) is 17.7 Å². The van der Waals surface area contributed by atoms with Gasteiger partial charge < -0.3 is 16.4 Å². The van der Waals surface area contributed by atoms with Crippen LogP contribution in [0.2, 0.25) is 0 Å². The molecule has 3 aromatic heterocycles. The number of benzene rings is 2. The van der Waals surface area contributed by atoms with Gasteiger partial charge in [-0.15, -0.1) is 0 Å². The first kappa shape index (κ1) is 26.6. The maximum absolute atomic E-state index is 11.5. The minimum Gasteiger partial charge on any atom is -0.382 e. The van der Waals surface area contributed by atoms with Crippen molar-refractivity contribution in [2.24, 2.45) is 17.6 Å². The van der Waals surface area contributed by atoms with Crippen molar-refractivity contribution in [3.8, 4) is 22.5 Å². The van der Waals surface area contributed by atoms with Gasteiger partial charge >= 0.3 is 0 Å². The zero-order valence-corrected chi connectivity index (χ0v) is 23.8. The molecule has 2 fully saturated rings. The summed E-state index contributed by atoms with van der Waals surface area (Å²) in [6.07, 6.45) is 10.1. The van der Waals surface area contributed by atoms with Crippen LogP contribution >= 0.6 is 0 Å². The van der Waals surface area contributed by atoms with E-state index in [0.717, 1.165) is 90.1 Å². The molecule has 5 aromatic rings. The second-order valence-electron chi connectivity index (χ2n) is 12.0. The summed E-state index contributed by atoms with van der Waals surface area (Å²) in [6, 6.07) is 20.8. The Hall–Kier alpha value is -4.30. The number of pyridine rings is 1. The van der Waals surface area contributed by atoms with Crippen molar-refractivity contribution in [1.82, 2.24) is 24.3 Å². The van der Waals surface area contributed by atoms with Gasteiger partial charge in [-0.1, -0.05) is 48.5 Å². The Morgan fingerprint density at radius 2 is 1.64 bits per heavy atom. The molecule has 1 saturated carbocycles. The smallest absolute Gasteiger partial charge is 0.220 e. The van der Waals surface area contributed by atoms with Crippen LogP contribution in [0.3, 0.4) is 0 Å². The van der Waals surface area contributed by atoms with E-state index in [-0.39, 0.29) is 11.8 Å². The van der Waals surface area contributed by atoms with E-state index in [9.17, 15) is 4.79 Å². The topological polar surface area (TPSA) is 115 Å². The number of piperidine rings is 1. The number of aromatic nitrogens is 4. The fourth-order valence-electron chi connectivity index (χ4n) is 6.98. The lowest BCUT2D eigenvalue weighted by Gasteiger charge is -2.35. The molecule has 2 aromatic carbocycles. The maximum Gasteiger partial charge on any atom is 0.220 e. The Morgan fingerprint density at radius 1 is 0.881 bits per heavy atom. The maximum atomic E-state index is 11.5. The summed E-state index contributed by atoms with van der Waals surface area (Å²) < 4.78 is 2.16. The number of hydrogen-bond acceptors (Lipinski definition) is 6. The van der Waals surface area contributed by atoms with Crippen molar-refractivity contribution in [2.75, 3.05) is 25.4 Å². The van der Waals surface area contributed by atoms with E-state index >= 15 is 0 Å². The molecular weight excluding hydrogens is 522 g/mol. The zero-order chi connectivity index (χ0) is 28.6. The molecule has 0 radical (unpaired) electrons. The average Bonchev–Trinajstić information content (AvgIpc) is 3.43. The summed E-state index contributed by atoms with van der Waals surface area (Å²) >= 11 is 0. The summed E-state index contributed by atoms with van der Waals surface area (Å²) in [5, 5.41) is 1.09. The van der Waals surface area contributed by atoms with Gasteiger partial charge in [-0.2, -0.15) is 0 Å². The first-order valence-electron chi connectivity index (χ1n) is 15.1. The van der Waals surface area contributed by atoms with Crippen LogP contribution in [-0.4, -0.2) is 49.8 Å². The third-order valence-electron chi connectivity index (χ3n) is 9.36. The normalized spacial score (nSPS) is 20.3. The Bertz CT molecular complexity index is 1730. The van der Waals surface area contributed by atoms with Crippen molar-refractivity contribution in [1.29, 1.82) is 0 Å². The molecule has 42 heavy (non-hydrogen) atoms. The summed E-state index contributed by atoms with van der Waals surface area (Å²) in [6.45, 7) is 3.06. The van der Waals surface area contributed by atoms with E-state index in [1.54, 1.807) is 6.20 Å². The average molecular weight is 560 g/mol. The Labute approximate surface area is 245 Å². The van der Waals surface area contributed by atoms with E-state index in [1.165, 1.54) is 12.8 Å². The molecule has 4 heterocycles. The van der Waals surface area contributed by atoms with E-state index < -0.39 is 0 Å². The van der Waals surface area contributed by atoms with E-state index in [2.05, 4.69) is 56.7 Å². The number of fused-ring (bicyclic) bond motifs is 2. The molecule has 0 spiro atoms. The SMILES string of the molecule is NC(=O)C1CCN(C[C@H]2CC[C@H](c3nc(-c4ccc5ccc(-c6ccccc6)nc5c4)c4c(N)nccn43)CC2)CC1. The van der Waals surface area contributed by atoms with Crippen molar-refractivity contribution in [3.63, 3.8) is 0 Å². The highest BCUT2D eigenvalue weighted by atomic mass is 16.1. The van der Waals surface area contributed by atoms with Crippen LogP contribution < -0.4 is 11.5 Å². The molecular formula is C34H37N7O. The third-order valence-corrected chi connectivity index (χ3v) is 9.36.